The third-order valence-corrected chi connectivity index (χ3v) is 6.27. The standard InChI is InChI=1S/C25H17ClIN3O4/c1-32-21-10-14(9-18(27)23(21)33-2)13-28-30-24(29-19-6-4-3-5-17(19)25(30)31)22-12-15-11-16(26)7-8-20(15)34-22/h3-13H,1-2H3. The van der Waals surface area contributed by atoms with Gasteiger partial charge in [-0.15, -0.1) is 0 Å². The summed E-state index contributed by atoms with van der Waals surface area (Å²) in [5.74, 6) is 1.88. The van der Waals surface area contributed by atoms with E-state index in [1.54, 1.807) is 69.0 Å². The van der Waals surface area contributed by atoms with Crippen molar-refractivity contribution >= 4 is 62.3 Å². The molecule has 0 amide bonds. The van der Waals surface area contributed by atoms with Gasteiger partial charge in [-0.3, -0.25) is 4.79 Å². The average molecular weight is 586 g/mol. The van der Waals surface area contributed by atoms with Crippen molar-refractivity contribution in [1.82, 2.24) is 9.66 Å². The summed E-state index contributed by atoms with van der Waals surface area (Å²) >= 11 is 8.29. The second kappa shape index (κ2) is 9.11. The van der Waals surface area contributed by atoms with E-state index < -0.39 is 0 Å². The van der Waals surface area contributed by atoms with Gasteiger partial charge in [0.2, 0.25) is 5.82 Å². The molecule has 9 heteroatoms. The van der Waals surface area contributed by atoms with Crippen LogP contribution in [0.4, 0.5) is 0 Å². The first-order valence-corrected chi connectivity index (χ1v) is 11.6. The molecule has 7 nitrogen and oxygen atoms in total. The molecule has 0 aliphatic heterocycles. The molecule has 0 saturated heterocycles. The van der Waals surface area contributed by atoms with Gasteiger partial charge >= 0.3 is 0 Å². The molecular weight excluding hydrogens is 569 g/mol. The number of aromatic nitrogens is 2. The molecule has 0 aliphatic rings. The first-order valence-electron chi connectivity index (χ1n) is 10.2. The van der Waals surface area contributed by atoms with E-state index in [9.17, 15) is 4.79 Å². The van der Waals surface area contributed by atoms with Crippen LogP contribution in [0, 0.1) is 3.57 Å². The highest BCUT2D eigenvalue weighted by molar-refractivity contribution is 14.1. The van der Waals surface area contributed by atoms with Crippen molar-refractivity contribution in [3.63, 3.8) is 0 Å². The first-order chi connectivity index (χ1) is 16.5. The van der Waals surface area contributed by atoms with Crippen LogP contribution in [-0.4, -0.2) is 30.1 Å². The van der Waals surface area contributed by atoms with Crippen molar-refractivity contribution in [2.45, 2.75) is 0 Å². The Morgan fingerprint density at radius 1 is 1.09 bits per heavy atom. The quantitative estimate of drug-likeness (QED) is 0.188. The van der Waals surface area contributed by atoms with Gasteiger partial charge < -0.3 is 13.9 Å². The average Bonchev–Trinajstić information content (AvgIpc) is 3.26. The van der Waals surface area contributed by atoms with Crippen molar-refractivity contribution in [2.24, 2.45) is 5.10 Å². The molecule has 0 spiro atoms. The summed E-state index contributed by atoms with van der Waals surface area (Å²) < 4.78 is 18.9. The third kappa shape index (κ3) is 4.03. The van der Waals surface area contributed by atoms with E-state index in [0.29, 0.717) is 38.8 Å². The molecule has 0 N–H and O–H groups in total. The number of hydrogen-bond donors (Lipinski definition) is 0. The summed E-state index contributed by atoms with van der Waals surface area (Å²) in [4.78, 5) is 18.1. The van der Waals surface area contributed by atoms with Crippen LogP contribution >= 0.6 is 34.2 Å². The molecule has 0 atom stereocenters. The smallest absolute Gasteiger partial charge is 0.282 e. The fourth-order valence-electron chi connectivity index (χ4n) is 3.65. The van der Waals surface area contributed by atoms with Crippen molar-refractivity contribution in [3.05, 3.63) is 85.2 Å². The second-order valence-corrected chi connectivity index (χ2v) is 8.94. The van der Waals surface area contributed by atoms with Gasteiger partial charge in [0, 0.05) is 10.4 Å². The van der Waals surface area contributed by atoms with Gasteiger partial charge in [0.1, 0.15) is 5.58 Å². The molecule has 0 fully saturated rings. The lowest BCUT2D eigenvalue weighted by atomic mass is 10.2. The Morgan fingerprint density at radius 2 is 1.91 bits per heavy atom. The van der Waals surface area contributed by atoms with Crippen LogP contribution in [0.15, 0.2) is 75.0 Å². The zero-order valence-corrected chi connectivity index (χ0v) is 21.0. The maximum absolute atomic E-state index is 13.4. The van der Waals surface area contributed by atoms with Crippen LogP contribution in [0.1, 0.15) is 5.56 Å². The fraction of sp³-hybridized carbons (Fsp3) is 0.0800. The van der Waals surface area contributed by atoms with Gasteiger partial charge in [-0.05, 0) is 76.7 Å². The van der Waals surface area contributed by atoms with E-state index >= 15 is 0 Å². The fourth-order valence-corrected chi connectivity index (χ4v) is 4.68. The van der Waals surface area contributed by atoms with Crippen molar-refractivity contribution < 1.29 is 13.9 Å². The zero-order valence-electron chi connectivity index (χ0n) is 18.1. The van der Waals surface area contributed by atoms with Gasteiger partial charge in [0.05, 0.1) is 34.9 Å². The third-order valence-electron chi connectivity index (χ3n) is 5.23. The van der Waals surface area contributed by atoms with Crippen LogP contribution in [0.25, 0.3) is 33.5 Å². The Kier molecular flexibility index (Phi) is 6.01. The van der Waals surface area contributed by atoms with Crippen molar-refractivity contribution in [3.8, 4) is 23.1 Å². The minimum atomic E-state index is -0.314. The van der Waals surface area contributed by atoms with E-state index in [-0.39, 0.29) is 11.4 Å². The van der Waals surface area contributed by atoms with Gasteiger partial charge in [-0.25, -0.2) is 4.98 Å². The molecule has 0 bridgehead atoms. The SMILES string of the molecule is COc1cc(C=Nn2c(-c3cc4cc(Cl)ccc4o3)nc3ccccc3c2=O)cc(I)c1OC. The lowest BCUT2D eigenvalue weighted by molar-refractivity contribution is 0.353. The maximum Gasteiger partial charge on any atom is 0.282 e. The van der Waals surface area contributed by atoms with E-state index in [2.05, 4.69) is 27.7 Å². The normalized spacial score (nSPS) is 11.5. The minimum Gasteiger partial charge on any atom is -0.493 e. The predicted octanol–water partition coefficient (Wildman–Crippen LogP) is 5.97. The molecule has 3 aromatic carbocycles. The van der Waals surface area contributed by atoms with Crippen LogP contribution in [0.5, 0.6) is 11.5 Å². The largest absolute Gasteiger partial charge is 0.493 e. The van der Waals surface area contributed by atoms with E-state index in [1.807, 2.05) is 12.1 Å². The molecule has 34 heavy (non-hydrogen) atoms. The molecule has 0 aliphatic carbocycles. The Bertz CT molecular complexity index is 1640. The van der Waals surface area contributed by atoms with Crippen LogP contribution in [0.2, 0.25) is 5.02 Å². The van der Waals surface area contributed by atoms with Gasteiger partial charge in [0.15, 0.2) is 17.3 Å². The summed E-state index contributed by atoms with van der Waals surface area (Å²) in [6.45, 7) is 0. The summed E-state index contributed by atoms with van der Waals surface area (Å²) in [5, 5.41) is 6.33. The molecule has 170 valence electrons. The Labute approximate surface area is 212 Å². The van der Waals surface area contributed by atoms with Crippen molar-refractivity contribution in [2.75, 3.05) is 14.2 Å². The number of halogens is 2. The Morgan fingerprint density at radius 3 is 2.71 bits per heavy atom. The molecule has 5 rings (SSSR count). The topological polar surface area (TPSA) is 78.9 Å². The highest BCUT2D eigenvalue weighted by Crippen LogP contribution is 2.33. The first kappa shape index (κ1) is 22.4. The minimum absolute atomic E-state index is 0.280. The van der Waals surface area contributed by atoms with Crippen LogP contribution in [-0.2, 0) is 0 Å². The monoisotopic (exact) mass is 585 g/mol. The predicted molar refractivity (Wildman–Crippen MR) is 141 cm³/mol. The van der Waals surface area contributed by atoms with Gasteiger partial charge in [0.25, 0.3) is 5.56 Å². The molecule has 0 saturated carbocycles. The van der Waals surface area contributed by atoms with Crippen molar-refractivity contribution in [1.29, 1.82) is 0 Å². The molecule has 2 heterocycles. The number of rotatable bonds is 5. The molecule has 0 unspecified atom stereocenters. The molecule has 0 radical (unpaired) electrons. The summed E-state index contributed by atoms with van der Waals surface area (Å²) in [7, 11) is 3.15. The molecule has 5 aromatic rings. The summed E-state index contributed by atoms with van der Waals surface area (Å²) in [5.41, 5.74) is 1.59. The maximum atomic E-state index is 13.4. The van der Waals surface area contributed by atoms with Gasteiger partial charge in [-0.1, -0.05) is 23.7 Å². The summed E-state index contributed by atoms with van der Waals surface area (Å²) in [6.07, 6.45) is 1.57. The van der Waals surface area contributed by atoms with E-state index in [1.165, 1.54) is 4.68 Å². The number of nitrogens with zero attached hydrogens (tertiary/aromatic N) is 3. The number of para-hydroxylation sites is 1. The van der Waals surface area contributed by atoms with Crippen LogP contribution < -0.4 is 15.0 Å². The highest BCUT2D eigenvalue weighted by atomic mass is 127. The highest BCUT2D eigenvalue weighted by Gasteiger charge is 2.17. The van der Waals surface area contributed by atoms with Crippen LogP contribution in [0.3, 0.4) is 0 Å². The number of ether oxygens (including phenoxy) is 2. The number of furan rings is 1. The van der Waals surface area contributed by atoms with Gasteiger partial charge in [-0.2, -0.15) is 9.78 Å². The number of fused-ring (bicyclic) bond motifs is 2. The zero-order chi connectivity index (χ0) is 23.8. The van der Waals surface area contributed by atoms with E-state index in [4.69, 9.17) is 30.5 Å². The number of methoxy groups -OCH3 is 2. The lowest BCUT2D eigenvalue weighted by Crippen LogP contribution is -2.20. The molecule has 2 aromatic heterocycles. The Balaban J connectivity index is 1.70. The second-order valence-electron chi connectivity index (χ2n) is 7.35. The number of hydrogen-bond acceptors (Lipinski definition) is 6. The van der Waals surface area contributed by atoms with E-state index in [0.717, 1.165) is 14.5 Å². The number of benzene rings is 3. The lowest BCUT2D eigenvalue weighted by Gasteiger charge is -2.10. The Hall–Kier alpha value is -3.37. The molecular formula is C25H17ClIN3O4. The summed E-state index contributed by atoms with van der Waals surface area (Å²) in [6, 6.07) is 17.9.